The number of hydrogen-bond donors (Lipinski definition) is 0. The van der Waals surface area contributed by atoms with Crippen LogP contribution in [0.1, 0.15) is 66.5 Å². The average molecular weight is 456 g/mol. The first-order chi connectivity index (χ1) is 13.5. The van der Waals surface area contributed by atoms with Crippen LogP contribution >= 0.6 is 0 Å². The van der Waals surface area contributed by atoms with E-state index in [1.165, 1.54) is 32.9 Å². The number of alkyl halides is 6. The van der Waals surface area contributed by atoms with Crippen LogP contribution in [0, 0.1) is 10.8 Å². The van der Waals surface area contributed by atoms with Crippen LogP contribution in [0.15, 0.2) is 24.3 Å². The van der Waals surface area contributed by atoms with Gasteiger partial charge in [-0.3, -0.25) is 0 Å². The molecule has 0 unspecified atom stereocenters. The van der Waals surface area contributed by atoms with Gasteiger partial charge in [0.25, 0.3) is 0 Å². The Morgan fingerprint density at radius 2 is 1.16 bits per heavy atom. The number of hydrogen-bond acceptors (Lipinski definition) is 3. The summed E-state index contributed by atoms with van der Waals surface area (Å²) in [5.41, 5.74) is -7.35. The third kappa shape index (κ3) is 6.07. The predicted molar refractivity (Wildman–Crippen MR) is 104 cm³/mol. The van der Waals surface area contributed by atoms with E-state index >= 15 is 0 Å². The molecule has 0 bridgehead atoms. The van der Waals surface area contributed by atoms with Gasteiger partial charge in [0.05, 0.1) is 0 Å². The maximum Gasteiger partial charge on any atom is 0.510 e. The lowest BCUT2D eigenvalue weighted by molar-refractivity contribution is -0.377. The van der Waals surface area contributed by atoms with E-state index in [9.17, 15) is 31.1 Å². The van der Waals surface area contributed by atoms with Crippen LogP contribution in [0.5, 0.6) is 0 Å². The van der Waals surface area contributed by atoms with E-state index in [0.717, 1.165) is 0 Å². The Bertz CT molecular complexity index is 749. The molecule has 0 heterocycles. The first-order valence-corrected chi connectivity index (χ1v) is 9.68. The summed E-state index contributed by atoms with van der Waals surface area (Å²) < 4.78 is 91.5. The topological polar surface area (TPSA) is 35.5 Å². The van der Waals surface area contributed by atoms with E-state index in [1.807, 2.05) is 34.6 Å². The fraction of sp³-hybridized carbons (Fsp3) is 0.682. The molecule has 0 aliphatic carbocycles. The molecule has 31 heavy (non-hydrogen) atoms. The molecule has 0 aliphatic rings. The van der Waals surface area contributed by atoms with Crippen molar-refractivity contribution in [1.82, 2.24) is 0 Å². The first kappa shape index (κ1) is 27.1. The van der Waals surface area contributed by atoms with Crippen molar-refractivity contribution in [3.63, 3.8) is 0 Å². The first-order valence-electron chi connectivity index (χ1n) is 9.68. The van der Waals surface area contributed by atoms with Crippen molar-refractivity contribution in [3.05, 3.63) is 35.4 Å². The van der Waals surface area contributed by atoms with Crippen molar-refractivity contribution in [2.75, 3.05) is 0 Å². The minimum absolute atomic E-state index is 0.160. The van der Waals surface area contributed by atoms with Crippen molar-refractivity contribution < 1.29 is 40.6 Å². The number of ether oxygens (including phenoxy) is 2. The molecule has 0 saturated heterocycles. The Labute approximate surface area is 179 Å². The summed E-state index contributed by atoms with van der Waals surface area (Å²) in [6.45, 7) is 13.8. The maximum absolute atomic E-state index is 13.8. The highest BCUT2D eigenvalue weighted by Gasteiger charge is 2.75. The fourth-order valence-corrected chi connectivity index (χ4v) is 2.69. The molecule has 178 valence electrons. The molecule has 0 atom stereocenters. The molecule has 0 aliphatic heterocycles. The highest BCUT2D eigenvalue weighted by atomic mass is 19.4. The third-order valence-corrected chi connectivity index (χ3v) is 5.46. The van der Waals surface area contributed by atoms with Gasteiger partial charge in [-0.1, -0.05) is 58.9 Å². The summed E-state index contributed by atoms with van der Waals surface area (Å²) in [5, 5.41) is 0. The molecule has 0 aromatic heterocycles. The molecule has 0 saturated carbocycles. The summed E-state index contributed by atoms with van der Waals surface area (Å²) in [6.07, 6.45) is -13.6. The molecule has 9 heteroatoms. The van der Waals surface area contributed by atoms with E-state index in [2.05, 4.69) is 9.47 Å². The van der Waals surface area contributed by atoms with Crippen molar-refractivity contribution in [3.8, 4) is 0 Å². The SMILES string of the molecule is CC(C)(C)OC(=O)OC(c1ccc(CC(C)(C)C(C)(C)C)cc1)(C(F)(F)F)C(F)(F)F. The zero-order chi connectivity index (χ0) is 24.7. The molecule has 0 radical (unpaired) electrons. The van der Waals surface area contributed by atoms with Gasteiger partial charge < -0.3 is 9.47 Å². The van der Waals surface area contributed by atoms with Crippen LogP contribution in [0.25, 0.3) is 0 Å². The molecule has 1 aromatic rings. The normalized spacial score (nSPS) is 14.4. The highest BCUT2D eigenvalue weighted by molar-refractivity contribution is 5.62. The molecule has 0 amide bonds. The van der Waals surface area contributed by atoms with Crippen molar-refractivity contribution in [1.29, 1.82) is 0 Å². The maximum atomic E-state index is 13.8. The minimum atomic E-state index is -5.98. The Balaban J connectivity index is 3.49. The van der Waals surface area contributed by atoms with Gasteiger partial charge in [0.15, 0.2) is 0 Å². The monoisotopic (exact) mass is 456 g/mol. The lowest BCUT2D eigenvalue weighted by Crippen LogP contribution is -2.57. The lowest BCUT2D eigenvalue weighted by atomic mass is 9.66. The molecular formula is C22H30F6O3. The quantitative estimate of drug-likeness (QED) is 0.346. The number of halogens is 6. The number of carbonyl (C=O) groups is 1. The van der Waals surface area contributed by atoms with Gasteiger partial charge in [-0.25, -0.2) is 4.79 Å². The van der Waals surface area contributed by atoms with Crippen LogP contribution in [0.4, 0.5) is 31.1 Å². The van der Waals surface area contributed by atoms with Gasteiger partial charge >= 0.3 is 24.1 Å². The number of benzene rings is 1. The Morgan fingerprint density at radius 3 is 1.48 bits per heavy atom. The van der Waals surface area contributed by atoms with Gasteiger partial charge in [-0.2, -0.15) is 26.3 Å². The molecular weight excluding hydrogens is 426 g/mol. The predicted octanol–water partition coefficient (Wildman–Crippen LogP) is 7.57. The Hall–Kier alpha value is -1.93. The van der Waals surface area contributed by atoms with Gasteiger partial charge in [-0.05, 0) is 43.6 Å². The largest absolute Gasteiger partial charge is 0.510 e. The van der Waals surface area contributed by atoms with Crippen molar-refractivity contribution in [2.24, 2.45) is 10.8 Å². The van der Waals surface area contributed by atoms with Gasteiger partial charge in [0, 0.05) is 5.56 Å². The van der Waals surface area contributed by atoms with E-state index in [1.54, 1.807) is 0 Å². The summed E-state index contributed by atoms with van der Waals surface area (Å²) in [6, 6.07) is 3.76. The molecule has 0 fully saturated rings. The van der Waals surface area contributed by atoms with E-state index in [4.69, 9.17) is 0 Å². The highest BCUT2D eigenvalue weighted by Crippen LogP contribution is 2.53. The van der Waals surface area contributed by atoms with Crippen LogP contribution in [-0.4, -0.2) is 24.1 Å². The lowest BCUT2D eigenvalue weighted by Gasteiger charge is -2.39. The zero-order valence-electron chi connectivity index (χ0n) is 19.0. The third-order valence-electron chi connectivity index (χ3n) is 5.46. The van der Waals surface area contributed by atoms with Crippen molar-refractivity contribution >= 4 is 6.16 Å². The van der Waals surface area contributed by atoms with Crippen molar-refractivity contribution in [2.45, 2.75) is 85.4 Å². The number of rotatable bonds is 4. The van der Waals surface area contributed by atoms with Crippen LogP contribution in [0.2, 0.25) is 0 Å². The van der Waals surface area contributed by atoms with Crippen LogP contribution in [-0.2, 0) is 21.5 Å². The second kappa shape index (κ2) is 8.20. The zero-order valence-corrected chi connectivity index (χ0v) is 19.0. The van der Waals surface area contributed by atoms with Crippen LogP contribution in [0.3, 0.4) is 0 Å². The smallest absolute Gasteiger partial charge is 0.429 e. The standard InChI is InChI=1S/C22H30F6O3/c1-17(2,3)19(7,8)13-14-9-11-15(12-10-14)20(21(23,24)25,22(26,27)28)31-16(29)30-18(4,5)6/h9-12H,13H2,1-8H3. The minimum Gasteiger partial charge on any atom is -0.429 e. The van der Waals surface area contributed by atoms with E-state index in [-0.39, 0.29) is 10.8 Å². The molecule has 1 aromatic carbocycles. The molecule has 1 rings (SSSR count). The summed E-state index contributed by atoms with van der Waals surface area (Å²) in [5.74, 6) is 0. The summed E-state index contributed by atoms with van der Waals surface area (Å²) >= 11 is 0. The molecule has 3 nitrogen and oxygen atoms in total. The van der Waals surface area contributed by atoms with E-state index in [0.29, 0.717) is 24.1 Å². The van der Waals surface area contributed by atoms with Crippen LogP contribution < -0.4 is 0 Å². The summed E-state index contributed by atoms with van der Waals surface area (Å²) in [7, 11) is 0. The molecule has 0 N–H and O–H groups in total. The second-order valence-electron chi connectivity index (χ2n) is 10.3. The molecule has 0 spiro atoms. The Kier molecular flexibility index (Phi) is 7.17. The second-order valence-corrected chi connectivity index (χ2v) is 10.3. The fourth-order valence-electron chi connectivity index (χ4n) is 2.69. The summed E-state index contributed by atoms with van der Waals surface area (Å²) in [4.78, 5) is 11.9. The van der Waals surface area contributed by atoms with E-state index < -0.39 is 35.3 Å². The van der Waals surface area contributed by atoms with Gasteiger partial charge in [0.2, 0.25) is 0 Å². The van der Waals surface area contributed by atoms with Gasteiger partial charge in [-0.15, -0.1) is 0 Å². The van der Waals surface area contributed by atoms with Gasteiger partial charge in [0.1, 0.15) is 5.60 Å². The average Bonchev–Trinajstić information content (AvgIpc) is 2.47. The Morgan fingerprint density at radius 1 is 0.742 bits per heavy atom. The number of carbonyl (C=O) groups excluding carboxylic acids is 1.